The van der Waals surface area contributed by atoms with E-state index < -0.39 is 12.7 Å². The van der Waals surface area contributed by atoms with E-state index in [2.05, 4.69) is 12.3 Å². The number of ketones is 1. The average Bonchev–Trinajstić information content (AvgIpc) is 3.45. The zero-order valence-corrected chi connectivity index (χ0v) is 18.2. The van der Waals surface area contributed by atoms with Crippen molar-refractivity contribution >= 4 is 18.2 Å². The van der Waals surface area contributed by atoms with Crippen molar-refractivity contribution in [3.05, 3.63) is 23.8 Å². The van der Waals surface area contributed by atoms with Gasteiger partial charge in [0.2, 0.25) is 0 Å². The lowest BCUT2D eigenvalue weighted by Crippen LogP contribution is -2.49. The molecule has 1 aromatic carbocycles. The van der Waals surface area contributed by atoms with Gasteiger partial charge in [0.05, 0.1) is 32.4 Å². The first-order valence-electron chi connectivity index (χ1n) is 10.1. The van der Waals surface area contributed by atoms with Gasteiger partial charge in [0, 0.05) is 12.5 Å². The quantitative estimate of drug-likeness (QED) is 0.523. The van der Waals surface area contributed by atoms with Crippen LogP contribution in [0.2, 0.25) is 0 Å². The van der Waals surface area contributed by atoms with E-state index in [0.29, 0.717) is 19.1 Å². The van der Waals surface area contributed by atoms with Crippen LogP contribution in [0.15, 0.2) is 18.2 Å². The Morgan fingerprint density at radius 2 is 2.07 bits per heavy atom. The summed E-state index contributed by atoms with van der Waals surface area (Å²) in [6, 6.07) is 5.90. The van der Waals surface area contributed by atoms with Crippen molar-refractivity contribution in [1.82, 2.24) is 10.4 Å². The largest absolute Gasteiger partial charge is 0.493 e. The molecule has 3 rings (SSSR count). The molecule has 0 amide bonds. The summed E-state index contributed by atoms with van der Waals surface area (Å²) in [5, 5.41) is 21.2. The Balaban J connectivity index is 0.00000300. The van der Waals surface area contributed by atoms with Gasteiger partial charge in [-0.3, -0.25) is 4.79 Å². The average molecular weight is 429 g/mol. The summed E-state index contributed by atoms with van der Waals surface area (Å²) >= 11 is 0. The zero-order chi connectivity index (χ0) is 20.3. The van der Waals surface area contributed by atoms with Gasteiger partial charge in [0.1, 0.15) is 6.61 Å². The van der Waals surface area contributed by atoms with Crippen LogP contribution < -0.4 is 14.9 Å². The SMILES string of the molecule is COc1ccc([C@H]2CN(NCC(=O)CO)C([C@@H](C)O)[C@H]2C)cc1OCC1CC1.Cl. The lowest BCUT2D eigenvalue weighted by molar-refractivity contribution is -0.122. The van der Waals surface area contributed by atoms with Crippen LogP contribution in [0.1, 0.15) is 38.2 Å². The van der Waals surface area contributed by atoms with E-state index in [0.717, 1.165) is 17.1 Å². The first-order valence-corrected chi connectivity index (χ1v) is 10.1. The zero-order valence-electron chi connectivity index (χ0n) is 17.3. The maximum Gasteiger partial charge on any atom is 0.173 e. The third-order valence-corrected chi connectivity index (χ3v) is 5.86. The van der Waals surface area contributed by atoms with Gasteiger partial charge in [0.15, 0.2) is 17.3 Å². The minimum absolute atomic E-state index is 0. The summed E-state index contributed by atoms with van der Waals surface area (Å²) in [6.45, 7) is 4.82. The Morgan fingerprint density at radius 1 is 1.34 bits per heavy atom. The van der Waals surface area contributed by atoms with Gasteiger partial charge >= 0.3 is 0 Å². The molecule has 2 aliphatic rings. The molecule has 0 radical (unpaired) electrons. The number of hydrogen-bond donors (Lipinski definition) is 3. The van der Waals surface area contributed by atoms with Gasteiger partial charge in [-0.1, -0.05) is 13.0 Å². The maximum atomic E-state index is 11.5. The predicted octanol–water partition coefficient (Wildman–Crippen LogP) is 1.76. The van der Waals surface area contributed by atoms with E-state index in [4.69, 9.17) is 14.6 Å². The highest BCUT2D eigenvalue weighted by atomic mass is 35.5. The third-order valence-electron chi connectivity index (χ3n) is 5.86. The topological polar surface area (TPSA) is 91.3 Å². The first-order chi connectivity index (χ1) is 13.4. The fourth-order valence-electron chi connectivity index (χ4n) is 4.07. The molecule has 0 aromatic heterocycles. The molecule has 164 valence electrons. The molecule has 1 aliphatic heterocycles. The molecule has 7 nitrogen and oxygen atoms in total. The number of aliphatic hydroxyl groups is 2. The van der Waals surface area contributed by atoms with E-state index >= 15 is 0 Å². The van der Waals surface area contributed by atoms with Crippen LogP contribution >= 0.6 is 12.4 Å². The van der Waals surface area contributed by atoms with Crippen molar-refractivity contribution in [2.75, 3.05) is 33.4 Å². The number of nitrogens with one attached hydrogen (secondary N) is 1. The highest BCUT2D eigenvalue weighted by Crippen LogP contribution is 2.41. The molecule has 1 unspecified atom stereocenters. The van der Waals surface area contributed by atoms with E-state index in [9.17, 15) is 9.90 Å². The van der Waals surface area contributed by atoms with Crippen LogP contribution in [0.3, 0.4) is 0 Å². The number of carbonyl (C=O) groups is 1. The summed E-state index contributed by atoms with van der Waals surface area (Å²) < 4.78 is 11.5. The smallest absolute Gasteiger partial charge is 0.173 e. The second-order valence-corrected chi connectivity index (χ2v) is 8.05. The van der Waals surface area contributed by atoms with Crippen molar-refractivity contribution in [3.8, 4) is 11.5 Å². The molecule has 2 fully saturated rings. The van der Waals surface area contributed by atoms with Crippen LogP contribution in [0, 0.1) is 11.8 Å². The van der Waals surface area contributed by atoms with Crippen molar-refractivity contribution in [2.45, 2.75) is 44.8 Å². The fourth-order valence-corrected chi connectivity index (χ4v) is 4.07. The second-order valence-electron chi connectivity index (χ2n) is 8.05. The number of methoxy groups -OCH3 is 1. The van der Waals surface area contributed by atoms with Gasteiger partial charge in [0.25, 0.3) is 0 Å². The minimum atomic E-state index is -0.555. The molecule has 1 heterocycles. The summed E-state index contributed by atoms with van der Waals surface area (Å²) in [5.74, 6) is 2.20. The Labute approximate surface area is 178 Å². The lowest BCUT2D eigenvalue weighted by atomic mass is 9.85. The van der Waals surface area contributed by atoms with Crippen molar-refractivity contribution < 1.29 is 24.5 Å². The molecule has 1 saturated carbocycles. The number of benzene rings is 1. The molecule has 1 saturated heterocycles. The van der Waals surface area contributed by atoms with Crippen LogP contribution in [0.25, 0.3) is 0 Å². The van der Waals surface area contributed by atoms with Gasteiger partial charge in [-0.15, -0.1) is 12.4 Å². The molecule has 0 bridgehead atoms. The number of carbonyl (C=O) groups excluding carboxylic acids is 1. The van der Waals surface area contributed by atoms with Crippen LogP contribution in [0.5, 0.6) is 11.5 Å². The summed E-state index contributed by atoms with van der Waals surface area (Å²) in [7, 11) is 1.64. The molecular weight excluding hydrogens is 396 g/mol. The Bertz CT molecular complexity index is 683. The molecule has 1 aliphatic carbocycles. The monoisotopic (exact) mass is 428 g/mol. The number of Topliss-reactive ketones (excluding diaryl/α,β-unsaturated/α-hetero) is 1. The molecule has 8 heteroatoms. The maximum absolute atomic E-state index is 11.5. The molecule has 29 heavy (non-hydrogen) atoms. The van der Waals surface area contributed by atoms with Crippen molar-refractivity contribution in [2.24, 2.45) is 11.8 Å². The number of nitrogens with zero attached hydrogens (tertiary/aromatic N) is 1. The van der Waals surface area contributed by atoms with E-state index in [1.54, 1.807) is 14.0 Å². The summed E-state index contributed by atoms with van der Waals surface area (Å²) in [4.78, 5) is 11.5. The normalized spacial score (nSPS) is 25.3. The van der Waals surface area contributed by atoms with E-state index in [1.807, 2.05) is 23.2 Å². The van der Waals surface area contributed by atoms with Gasteiger partial charge in [-0.05, 0) is 49.3 Å². The van der Waals surface area contributed by atoms with E-state index in [1.165, 1.54) is 12.8 Å². The predicted molar refractivity (Wildman–Crippen MR) is 113 cm³/mol. The third kappa shape index (κ3) is 5.83. The number of ether oxygens (including phenoxy) is 2. The Hall–Kier alpha value is -1.38. The van der Waals surface area contributed by atoms with Gasteiger partial charge in [-0.2, -0.15) is 0 Å². The van der Waals surface area contributed by atoms with Gasteiger partial charge < -0.3 is 19.7 Å². The summed E-state index contributed by atoms with van der Waals surface area (Å²) in [5.41, 5.74) is 4.21. The summed E-state index contributed by atoms with van der Waals surface area (Å²) in [6.07, 6.45) is 1.90. The van der Waals surface area contributed by atoms with Gasteiger partial charge in [-0.25, -0.2) is 10.4 Å². The van der Waals surface area contributed by atoms with Crippen LogP contribution in [-0.2, 0) is 4.79 Å². The molecule has 1 aromatic rings. The number of hydrogen-bond acceptors (Lipinski definition) is 7. The standard InChI is InChI=1S/C21H32N2O5.ClH/c1-13-18(10-23(21(13)14(2)25)22-9-17(26)11-24)16-6-7-19(27-3)20(8-16)28-12-15-4-5-15;/h6-8,13-15,18,21-22,24-25H,4-5,9-12H2,1-3H3;1H/t13-,14+,18-,21?;/m0./s1. The number of halogens is 1. The van der Waals surface area contributed by atoms with Crippen molar-refractivity contribution in [1.29, 1.82) is 0 Å². The molecule has 3 N–H and O–H groups in total. The van der Waals surface area contributed by atoms with Crippen molar-refractivity contribution in [3.63, 3.8) is 0 Å². The molecule has 4 atom stereocenters. The second kappa shape index (κ2) is 10.6. The first kappa shape index (κ1) is 23.9. The molecular formula is C21H33ClN2O5. The Morgan fingerprint density at radius 3 is 2.66 bits per heavy atom. The highest BCUT2D eigenvalue weighted by Gasteiger charge is 2.42. The highest BCUT2D eigenvalue weighted by molar-refractivity contribution is 5.85. The number of aliphatic hydroxyl groups excluding tert-OH is 2. The lowest BCUT2D eigenvalue weighted by Gasteiger charge is -2.29. The molecule has 0 spiro atoms. The van der Waals surface area contributed by atoms with Crippen LogP contribution in [-0.4, -0.2) is 66.6 Å². The van der Waals surface area contributed by atoms with Crippen LogP contribution in [0.4, 0.5) is 0 Å². The number of rotatable bonds is 10. The fraction of sp³-hybridized carbons (Fsp3) is 0.667. The Kier molecular flexibility index (Phi) is 8.73. The minimum Gasteiger partial charge on any atom is -0.493 e. The van der Waals surface area contributed by atoms with E-state index in [-0.39, 0.29) is 42.6 Å². The number of hydrazine groups is 1.